The Morgan fingerprint density at radius 3 is 2.50 bits per heavy atom. The van der Waals surface area contributed by atoms with Gasteiger partial charge in [-0.1, -0.05) is 0 Å². The monoisotopic (exact) mass is 231 g/mol. The molecular weight excluding hydrogens is 210 g/mol. The number of aliphatic carboxylic acids is 1. The van der Waals surface area contributed by atoms with Gasteiger partial charge in [-0.15, -0.1) is 0 Å². The molecule has 0 fully saturated rings. The lowest BCUT2D eigenvalue weighted by atomic mass is 10.3. The molecule has 0 aliphatic heterocycles. The van der Waals surface area contributed by atoms with E-state index in [9.17, 15) is 9.59 Å². The molecule has 6 heteroatoms. The van der Waals surface area contributed by atoms with E-state index < -0.39 is 5.97 Å². The molecular formula is C10H21N3O3. The number of carboxylic acid groups (broad SMARTS) is 1. The SMILES string of the molecule is CNCCCN(C)C(=O)NCCCC(=O)O. The van der Waals surface area contributed by atoms with Crippen LogP contribution in [-0.4, -0.2) is 55.7 Å². The zero-order valence-corrected chi connectivity index (χ0v) is 9.95. The Morgan fingerprint density at radius 1 is 1.25 bits per heavy atom. The number of hydrogen-bond donors (Lipinski definition) is 3. The van der Waals surface area contributed by atoms with Crippen LogP contribution >= 0.6 is 0 Å². The van der Waals surface area contributed by atoms with Crippen LogP contribution in [0.25, 0.3) is 0 Å². The number of carbonyl (C=O) groups excluding carboxylic acids is 1. The summed E-state index contributed by atoms with van der Waals surface area (Å²) in [6, 6.07) is -0.151. The number of carboxylic acids is 1. The zero-order chi connectivity index (χ0) is 12.4. The average molecular weight is 231 g/mol. The molecule has 0 radical (unpaired) electrons. The minimum atomic E-state index is -0.836. The standard InChI is InChI=1S/C10H21N3O3/c1-11-6-4-8-13(2)10(16)12-7-3-5-9(14)15/h11H,3-8H2,1-2H3,(H,12,16)(H,14,15). The van der Waals surface area contributed by atoms with Crippen molar-refractivity contribution in [2.75, 3.05) is 33.7 Å². The highest BCUT2D eigenvalue weighted by molar-refractivity contribution is 5.73. The second-order valence-corrected chi connectivity index (χ2v) is 3.61. The lowest BCUT2D eigenvalue weighted by Crippen LogP contribution is -2.38. The third kappa shape index (κ3) is 8.05. The van der Waals surface area contributed by atoms with Crippen molar-refractivity contribution in [3.8, 4) is 0 Å². The molecule has 0 aromatic rings. The molecule has 16 heavy (non-hydrogen) atoms. The fourth-order valence-electron chi connectivity index (χ4n) is 1.16. The molecule has 0 aromatic carbocycles. The van der Waals surface area contributed by atoms with E-state index in [1.54, 1.807) is 11.9 Å². The first-order valence-electron chi connectivity index (χ1n) is 5.43. The van der Waals surface area contributed by atoms with Crippen LogP contribution in [0.4, 0.5) is 4.79 Å². The Morgan fingerprint density at radius 2 is 1.94 bits per heavy atom. The van der Waals surface area contributed by atoms with Gasteiger partial charge in [0.05, 0.1) is 0 Å². The van der Waals surface area contributed by atoms with Crippen molar-refractivity contribution in [3.63, 3.8) is 0 Å². The molecule has 0 rings (SSSR count). The normalized spacial score (nSPS) is 9.88. The molecule has 0 saturated heterocycles. The van der Waals surface area contributed by atoms with Gasteiger partial charge >= 0.3 is 12.0 Å². The van der Waals surface area contributed by atoms with Gasteiger partial charge in [-0.3, -0.25) is 4.79 Å². The molecule has 0 aliphatic rings. The number of carbonyl (C=O) groups is 2. The Hall–Kier alpha value is -1.30. The van der Waals surface area contributed by atoms with Gasteiger partial charge in [0.2, 0.25) is 0 Å². The summed E-state index contributed by atoms with van der Waals surface area (Å²) in [5.74, 6) is -0.836. The molecule has 0 heterocycles. The van der Waals surface area contributed by atoms with E-state index in [1.165, 1.54) is 0 Å². The molecule has 0 aromatic heterocycles. The predicted molar refractivity (Wildman–Crippen MR) is 61.4 cm³/mol. The van der Waals surface area contributed by atoms with E-state index >= 15 is 0 Å². The molecule has 0 atom stereocenters. The first-order chi connectivity index (χ1) is 7.57. The van der Waals surface area contributed by atoms with Crippen molar-refractivity contribution < 1.29 is 14.7 Å². The number of nitrogens with one attached hydrogen (secondary N) is 2. The van der Waals surface area contributed by atoms with Crippen LogP contribution < -0.4 is 10.6 Å². The van der Waals surface area contributed by atoms with Gasteiger partial charge in [-0.2, -0.15) is 0 Å². The molecule has 0 aliphatic carbocycles. The first kappa shape index (κ1) is 14.7. The second kappa shape index (κ2) is 8.96. The highest BCUT2D eigenvalue weighted by Gasteiger charge is 2.06. The van der Waals surface area contributed by atoms with Crippen LogP contribution in [0.5, 0.6) is 0 Å². The third-order valence-electron chi connectivity index (χ3n) is 2.11. The summed E-state index contributed by atoms with van der Waals surface area (Å²) >= 11 is 0. The summed E-state index contributed by atoms with van der Waals surface area (Å²) in [6.45, 7) is 1.96. The van der Waals surface area contributed by atoms with Gasteiger partial charge in [0, 0.05) is 26.6 Å². The summed E-state index contributed by atoms with van der Waals surface area (Å²) in [5, 5.41) is 14.1. The summed E-state index contributed by atoms with van der Waals surface area (Å²) in [5.41, 5.74) is 0. The van der Waals surface area contributed by atoms with Crippen molar-refractivity contribution >= 4 is 12.0 Å². The summed E-state index contributed by atoms with van der Waals surface area (Å²) < 4.78 is 0. The average Bonchev–Trinajstić information content (AvgIpc) is 2.24. The summed E-state index contributed by atoms with van der Waals surface area (Å²) in [4.78, 5) is 23.2. The topological polar surface area (TPSA) is 81.7 Å². The van der Waals surface area contributed by atoms with Crippen molar-refractivity contribution in [2.45, 2.75) is 19.3 Å². The van der Waals surface area contributed by atoms with Crippen molar-refractivity contribution in [2.24, 2.45) is 0 Å². The van der Waals surface area contributed by atoms with E-state index in [2.05, 4.69) is 10.6 Å². The number of urea groups is 1. The molecule has 0 spiro atoms. The smallest absolute Gasteiger partial charge is 0.317 e. The summed E-state index contributed by atoms with van der Waals surface area (Å²) in [6.07, 6.45) is 1.45. The maximum Gasteiger partial charge on any atom is 0.317 e. The van der Waals surface area contributed by atoms with E-state index in [-0.39, 0.29) is 12.5 Å². The third-order valence-corrected chi connectivity index (χ3v) is 2.11. The first-order valence-corrected chi connectivity index (χ1v) is 5.43. The Kier molecular flexibility index (Phi) is 8.24. The molecule has 0 bridgehead atoms. The van der Waals surface area contributed by atoms with Crippen molar-refractivity contribution in [3.05, 3.63) is 0 Å². The fourth-order valence-corrected chi connectivity index (χ4v) is 1.16. The van der Waals surface area contributed by atoms with Crippen LogP contribution in [0, 0.1) is 0 Å². The number of nitrogens with zero attached hydrogens (tertiary/aromatic N) is 1. The Bertz CT molecular complexity index is 221. The van der Waals surface area contributed by atoms with Gasteiger partial charge in [0.15, 0.2) is 0 Å². The maximum absolute atomic E-state index is 11.4. The van der Waals surface area contributed by atoms with E-state index in [1.807, 2.05) is 7.05 Å². The van der Waals surface area contributed by atoms with Gasteiger partial charge in [0.25, 0.3) is 0 Å². The minimum Gasteiger partial charge on any atom is -0.481 e. The summed E-state index contributed by atoms with van der Waals surface area (Å²) in [7, 11) is 3.59. The van der Waals surface area contributed by atoms with Crippen LogP contribution in [0.3, 0.4) is 0 Å². The van der Waals surface area contributed by atoms with Gasteiger partial charge < -0.3 is 20.6 Å². The highest BCUT2D eigenvalue weighted by atomic mass is 16.4. The second-order valence-electron chi connectivity index (χ2n) is 3.61. The van der Waals surface area contributed by atoms with Crippen LogP contribution in [0.1, 0.15) is 19.3 Å². The van der Waals surface area contributed by atoms with Crippen LogP contribution in [0.15, 0.2) is 0 Å². The Labute approximate surface area is 96.0 Å². The Balaban J connectivity index is 3.51. The maximum atomic E-state index is 11.4. The number of amides is 2. The highest BCUT2D eigenvalue weighted by Crippen LogP contribution is 1.90. The zero-order valence-electron chi connectivity index (χ0n) is 9.95. The molecule has 2 amide bonds. The molecule has 3 N–H and O–H groups in total. The van der Waals surface area contributed by atoms with E-state index in [0.717, 1.165) is 13.0 Å². The fraction of sp³-hybridized carbons (Fsp3) is 0.800. The van der Waals surface area contributed by atoms with Gasteiger partial charge in [0.1, 0.15) is 0 Å². The lowest BCUT2D eigenvalue weighted by molar-refractivity contribution is -0.137. The number of hydrogen-bond acceptors (Lipinski definition) is 3. The van der Waals surface area contributed by atoms with Gasteiger partial charge in [-0.25, -0.2) is 4.79 Å². The lowest BCUT2D eigenvalue weighted by Gasteiger charge is -2.17. The largest absolute Gasteiger partial charge is 0.481 e. The minimum absolute atomic E-state index is 0.0871. The van der Waals surface area contributed by atoms with E-state index in [4.69, 9.17) is 5.11 Å². The van der Waals surface area contributed by atoms with Crippen molar-refractivity contribution in [1.29, 1.82) is 0 Å². The van der Waals surface area contributed by atoms with Gasteiger partial charge in [-0.05, 0) is 26.4 Å². The molecule has 6 nitrogen and oxygen atoms in total. The van der Waals surface area contributed by atoms with Crippen LogP contribution in [-0.2, 0) is 4.79 Å². The quantitative estimate of drug-likeness (QED) is 0.518. The van der Waals surface area contributed by atoms with Crippen molar-refractivity contribution in [1.82, 2.24) is 15.5 Å². The van der Waals surface area contributed by atoms with Crippen LogP contribution in [0.2, 0.25) is 0 Å². The molecule has 94 valence electrons. The predicted octanol–water partition coefficient (Wildman–Crippen LogP) is 0.102. The van der Waals surface area contributed by atoms with E-state index in [0.29, 0.717) is 19.5 Å². The molecule has 0 saturated carbocycles. The number of rotatable bonds is 8. The molecule has 0 unspecified atom stereocenters.